The highest BCUT2D eigenvalue weighted by Crippen LogP contribution is 2.33. The second-order valence-electron chi connectivity index (χ2n) is 4.46. The van der Waals surface area contributed by atoms with Crippen LogP contribution >= 0.6 is 0 Å². The van der Waals surface area contributed by atoms with Gasteiger partial charge in [-0.15, -0.1) is 0 Å². The van der Waals surface area contributed by atoms with E-state index in [2.05, 4.69) is 5.32 Å². The first kappa shape index (κ1) is 11.8. The zero-order valence-electron chi connectivity index (χ0n) is 9.32. The third kappa shape index (κ3) is 1.87. The van der Waals surface area contributed by atoms with Crippen LogP contribution in [0.4, 0.5) is 9.18 Å². The fourth-order valence-electron chi connectivity index (χ4n) is 2.16. The molecule has 0 bridgehead atoms. The monoisotopic (exact) mass is 260 g/mol. The average molecular weight is 260 g/mol. The van der Waals surface area contributed by atoms with Crippen molar-refractivity contribution in [2.24, 2.45) is 0 Å². The van der Waals surface area contributed by atoms with Crippen LogP contribution in [0.3, 0.4) is 0 Å². The Balaban J connectivity index is 1.77. The third-order valence-corrected chi connectivity index (χ3v) is 3.22. The number of amides is 2. The molecule has 100 valence electrons. The van der Waals surface area contributed by atoms with Crippen LogP contribution in [-0.4, -0.2) is 58.5 Å². The molecule has 0 aromatic heterocycles. The Morgan fingerprint density at radius 3 is 3.00 bits per heavy atom. The molecule has 3 N–H and O–H groups in total. The molecule has 3 aliphatic rings. The van der Waals surface area contributed by atoms with Gasteiger partial charge in [-0.3, -0.25) is 4.90 Å². The fraction of sp³-hybridized carbons (Fsp3) is 0.700. The summed E-state index contributed by atoms with van der Waals surface area (Å²) in [5.41, 5.74) is 0. The Kier molecular flexibility index (Phi) is 2.74. The van der Waals surface area contributed by atoms with Gasteiger partial charge in [0, 0.05) is 12.6 Å². The van der Waals surface area contributed by atoms with Gasteiger partial charge < -0.3 is 25.0 Å². The lowest BCUT2D eigenvalue weighted by Crippen LogP contribution is -2.43. The maximum absolute atomic E-state index is 13.6. The van der Waals surface area contributed by atoms with Crippen LogP contribution < -0.4 is 5.32 Å². The highest BCUT2D eigenvalue weighted by molar-refractivity contribution is 5.77. The van der Waals surface area contributed by atoms with Crippen LogP contribution in [-0.2, 0) is 9.47 Å². The molecule has 0 aliphatic carbocycles. The normalized spacial score (nSPS) is 43.1. The number of carbonyl (C=O) groups excluding carboxylic acids is 1. The van der Waals surface area contributed by atoms with E-state index in [0.29, 0.717) is 0 Å². The number of nitrogens with zero attached hydrogens (tertiary/aromatic N) is 1. The first-order valence-corrected chi connectivity index (χ1v) is 5.66. The summed E-state index contributed by atoms with van der Waals surface area (Å²) in [6.07, 6.45) is -2.63. The zero-order valence-corrected chi connectivity index (χ0v) is 9.32. The van der Waals surface area contributed by atoms with E-state index in [9.17, 15) is 14.3 Å². The smallest absolute Gasteiger partial charge is 0.325 e. The number of hydrogen-bond acceptors (Lipinski definition) is 5. The molecule has 3 aliphatic heterocycles. The first-order valence-electron chi connectivity index (χ1n) is 5.66. The summed E-state index contributed by atoms with van der Waals surface area (Å²) >= 11 is 0. The molecule has 0 aromatic rings. The number of nitrogens with one attached hydrogen (secondary N) is 1. The van der Waals surface area contributed by atoms with Crippen molar-refractivity contribution in [2.45, 2.75) is 37.2 Å². The van der Waals surface area contributed by atoms with Gasteiger partial charge in [-0.2, -0.15) is 0 Å². The fourth-order valence-corrected chi connectivity index (χ4v) is 2.16. The van der Waals surface area contributed by atoms with Gasteiger partial charge in [0.1, 0.15) is 18.2 Å². The van der Waals surface area contributed by atoms with E-state index in [0.717, 1.165) is 11.1 Å². The third-order valence-electron chi connectivity index (χ3n) is 3.22. The summed E-state index contributed by atoms with van der Waals surface area (Å²) in [4.78, 5) is 12.8. The lowest BCUT2D eigenvalue weighted by molar-refractivity contribution is -0.0539. The van der Waals surface area contributed by atoms with Crippen molar-refractivity contribution < 1.29 is 28.9 Å². The Bertz CT molecular complexity index is 404. The molecular weight excluding hydrogens is 247 g/mol. The molecule has 0 aromatic carbocycles. The highest BCUT2D eigenvalue weighted by Gasteiger charge is 2.49. The zero-order chi connectivity index (χ0) is 12.9. The molecule has 3 heterocycles. The van der Waals surface area contributed by atoms with Crippen LogP contribution in [0.15, 0.2) is 12.0 Å². The Morgan fingerprint density at radius 2 is 2.33 bits per heavy atom. The van der Waals surface area contributed by atoms with E-state index in [1.54, 1.807) is 0 Å². The number of epoxide rings is 1. The minimum absolute atomic E-state index is 0.124. The van der Waals surface area contributed by atoms with Crippen LogP contribution in [0.1, 0.15) is 6.42 Å². The van der Waals surface area contributed by atoms with Gasteiger partial charge in [-0.1, -0.05) is 0 Å². The van der Waals surface area contributed by atoms with E-state index in [1.165, 1.54) is 0 Å². The van der Waals surface area contributed by atoms with Gasteiger partial charge in [0.25, 0.3) is 0 Å². The minimum atomic E-state index is -0.877. The number of hydrogen-bond donors (Lipinski definition) is 3. The number of carbonyl (C=O) groups is 1. The summed E-state index contributed by atoms with van der Waals surface area (Å²) in [5, 5.41) is 21.0. The molecule has 8 heteroatoms. The SMILES string of the molecule is O=C1NC2OC2C(F)=CN1C1CC(O)C(CO)O1. The van der Waals surface area contributed by atoms with E-state index >= 15 is 0 Å². The molecule has 2 fully saturated rings. The lowest BCUT2D eigenvalue weighted by Gasteiger charge is -2.24. The number of rotatable bonds is 2. The average Bonchev–Trinajstić information content (AvgIpc) is 3.01. The number of urea groups is 1. The van der Waals surface area contributed by atoms with E-state index in [-0.39, 0.29) is 13.0 Å². The number of aliphatic hydroxyl groups excluding tert-OH is 2. The second kappa shape index (κ2) is 4.16. The molecule has 5 unspecified atom stereocenters. The summed E-state index contributed by atoms with van der Waals surface area (Å²) in [7, 11) is 0. The number of ether oxygens (including phenoxy) is 2. The Morgan fingerprint density at radius 1 is 1.56 bits per heavy atom. The molecule has 5 atom stereocenters. The van der Waals surface area contributed by atoms with Crippen molar-refractivity contribution in [3.63, 3.8) is 0 Å². The predicted octanol–water partition coefficient (Wildman–Crippen LogP) is -0.984. The molecule has 2 saturated heterocycles. The molecular formula is C10H13FN2O5. The second-order valence-corrected chi connectivity index (χ2v) is 4.46. The van der Waals surface area contributed by atoms with Crippen molar-refractivity contribution in [2.75, 3.05) is 6.61 Å². The summed E-state index contributed by atoms with van der Waals surface area (Å²) in [5.74, 6) is -0.566. The quantitative estimate of drug-likeness (QED) is 0.554. The summed E-state index contributed by atoms with van der Waals surface area (Å²) in [6, 6.07) is -0.550. The van der Waals surface area contributed by atoms with Crippen molar-refractivity contribution in [1.29, 1.82) is 0 Å². The van der Waals surface area contributed by atoms with Gasteiger partial charge in [0.2, 0.25) is 0 Å². The van der Waals surface area contributed by atoms with Crippen LogP contribution in [0.5, 0.6) is 0 Å². The van der Waals surface area contributed by atoms with Crippen molar-refractivity contribution in [1.82, 2.24) is 10.2 Å². The summed E-state index contributed by atoms with van der Waals surface area (Å²) in [6.45, 7) is -0.353. The van der Waals surface area contributed by atoms with E-state index < -0.39 is 42.6 Å². The molecule has 3 rings (SSSR count). The van der Waals surface area contributed by atoms with Gasteiger partial charge in [0.05, 0.1) is 12.7 Å². The van der Waals surface area contributed by atoms with Gasteiger partial charge >= 0.3 is 6.03 Å². The minimum Gasteiger partial charge on any atom is -0.394 e. The van der Waals surface area contributed by atoms with Crippen molar-refractivity contribution >= 4 is 6.03 Å². The number of fused-ring (bicyclic) bond motifs is 1. The largest absolute Gasteiger partial charge is 0.394 e. The maximum atomic E-state index is 13.6. The molecule has 2 amide bonds. The van der Waals surface area contributed by atoms with Crippen LogP contribution in [0, 0.1) is 0 Å². The van der Waals surface area contributed by atoms with Crippen LogP contribution in [0.25, 0.3) is 0 Å². The van der Waals surface area contributed by atoms with Crippen LogP contribution in [0.2, 0.25) is 0 Å². The van der Waals surface area contributed by atoms with E-state index in [1.807, 2.05) is 0 Å². The van der Waals surface area contributed by atoms with Crippen molar-refractivity contribution in [3.05, 3.63) is 12.0 Å². The Hall–Kier alpha value is -1.22. The molecule has 18 heavy (non-hydrogen) atoms. The van der Waals surface area contributed by atoms with E-state index in [4.69, 9.17) is 14.6 Å². The number of halogens is 1. The molecule has 0 radical (unpaired) electrons. The maximum Gasteiger partial charge on any atom is 0.325 e. The highest BCUT2D eigenvalue weighted by atomic mass is 19.1. The number of aliphatic hydroxyl groups is 2. The van der Waals surface area contributed by atoms with Gasteiger partial charge in [-0.05, 0) is 0 Å². The summed E-state index contributed by atoms with van der Waals surface area (Å²) < 4.78 is 23.7. The molecule has 0 spiro atoms. The predicted molar refractivity (Wildman–Crippen MR) is 54.6 cm³/mol. The Labute approximate surface area is 102 Å². The lowest BCUT2D eigenvalue weighted by atomic mass is 10.2. The standard InChI is InChI=1S/C10H13FN2O5/c11-4-2-13(10(16)12-9-8(4)18-9)7-1-5(15)6(3-14)17-7/h2,5-9,14-15H,1,3H2,(H,12,16). The molecule has 7 nitrogen and oxygen atoms in total. The van der Waals surface area contributed by atoms with Gasteiger partial charge in [0.15, 0.2) is 12.3 Å². The molecule has 0 saturated carbocycles. The first-order chi connectivity index (χ1) is 8.60. The van der Waals surface area contributed by atoms with Gasteiger partial charge in [-0.25, -0.2) is 9.18 Å². The topological polar surface area (TPSA) is 94.6 Å². The van der Waals surface area contributed by atoms with Crippen molar-refractivity contribution in [3.8, 4) is 0 Å².